The Hall–Kier alpha value is -2.15. The van der Waals surface area contributed by atoms with E-state index in [4.69, 9.17) is 0 Å². The third-order valence-corrected chi connectivity index (χ3v) is 3.11. The molecule has 2 aromatic rings. The molecule has 0 radical (unpaired) electrons. The predicted molar refractivity (Wildman–Crippen MR) is 80.0 cm³/mol. The molecule has 1 nitrogen and oxygen atoms in total. The summed E-state index contributed by atoms with van der Waals surface area (Å²) in [5.74, 6) is 0.223. The minimum Gasteiger partial charge on any atom is -0.294 e. The molecule has 2 rings (SSSR count). The molecule has 0 spiro atoms. The van der Waals surface area contributed by atoms with Crippen LogP contribution in [0.3, 0.4) is 0 Å². The van der Waals surface area contributed by atoms with Crippen LogP contribution in [0.4, 0.5) is 0 Å². The van der Waals surface area contributed by atoms with Gasteiger partial charge in [-0.2, -0.15) is 0 Å². The third kappa shape index (κ3) is 3.92. The van der Waals surface area contributed by atoms with Crippen LogP contribution in [0.15, 0.2) is 66.7 Å². The average molecular weight is 250 g/mol. The quantitative estimate of drug-likeness (QED) is 0.708. The highest BCUT2D eigenvalue weighted by atomic mass is 16.1. The third-order valence-electron chi connectivity index (χ3n) is 3.11. The van der Waals surface area contributed by atoms with E-state index in [1.54, 1.807) is 0 Å². The molecule has 0 aliphatic heterocycles. The summed E-state index contributed by atoms with van der Waals surface area (Å²) in [6.45, 7) is 1.98. The Balaban J connectivity index is 1.93. The molecule has 0 N–H and O–H groups in total. The molecule has 0 saturated carbocycles. The molecule has 0 aliphatic rings. The minimum absolute atomic E-state index is 0.0161. The van der Waals surface area contributed by atoms with E-state index < -0.39 is 0 Å². The largest absolute Gasteiger partial charge is 0.294 e. The van der Waals surface area contributed by atoms with Crippen LogP contribution in [0.5, 0.6) is 0 Å². The standard InChI is InChI=1S/C18H18O/c1-15(18(19)17-13-6-3-7-14-17)9-8-12-16-10-4-2-5-11-16/h2-8,10-15H,9H2,1H3/b12-8+. The number of carbonyl (C=O) groups is 1. The van der Waals surface area contributed by atoms with Gasteiger partial charge in [-0.15, -0.1) is 0 Å². The first kappa shape index (κ1) is 13.3. The summed E-state index contributed by atoms with van der Waals surface area (Å²) in [5, 5.41) is 0. The van der Waals surface area contributed by atoms with Crippen molar-refractivity contribution in [1.82, 2.24) is 0 Å². The topological polar surface area (TPSA) is 17.1 Å². The van der Waals surface area contributed by atoms with Crippen LogP contribution in [0.25, 0.3) is 6.08 Å². The molecule has 96 valence electrons. The lowest BCUT2D eigenvalue weighted by atomic mass is 9.96. The van der Waals surface area contributed by atoms with Gasteiger partial charge in [-0.1, -0.05) is 79.7 Å². The van der Waals surface area contributed by atoms with Crippen LogP contribution >= 0.6 is 0 Å². The highest BCUT2D eigenvalue weighted by Crippen LogP contribution is 2.13. The number of rotatable bonds is 5. The second-order valence-electron chi connectivity index (χ2n) is 4.68. The molecule has 0 aliphatic carbocycles. The van der Waals surface area contributed by atoms with E-state index in [0.29, 0.717) is 0 Å². The maximum absolute atomic E-state index is 12.2. The summed E-state index contributed by atoms with van der Waals surface area (Å²) in [5.41, 5.74) is 1.96. The molecule has 0 heterocycles. The van der Waals surface area contributed by atoms with E-state index in [1.165, 1.54) is 5.56 Å². The molecule has 0 bridgehead atoms. The van der Waals surface area contributed by atoms with E-state index in [2.05, 4.69) is 24.3 Å². The van der Waals surface area contributed by atoms with Gasteiger partial charge >= 0.3 is 0 Å². The van der Waals surface area contributed by atoms with Gasteiger partial charge in [0.2, 0.25) is 0 Å². The maximum Gasteiger partial charge on any atom is 0.165 e. The first-order valence-corrected chi connectivity index (χ1v) is 6.58. The SMILES string of the molecule is CC(C/C=C/c1ccccc1)C(=O)c1ccccc1. The number of hydrogen-bond acceptors (Lipinski definition) is 1. The number of Topliss-reactive ketones (excluding diaryl/α,β-unsaturated/α-hetero) is 1. The van der Waals surface area contributed by atoms with Crippen LogP contribution < -0.4 is 0 Å². The van der Waals surface area contributed by atoms with E-state index in [0.717, 1.165) is 12.0 Å². The van der Waals surface area contributed by atoms with E-state index in [9.17, 15) is 4.79 Å². The van der Waals surface area contributed by atoms with Crippen LogP contribution in [0, 0.1) is 5.92 Å². The molecule has 1 unspecified atom stereocenters. The van der Waals surface area contributed by atoms with Crippen molar-refractivity contribution in [3.8, 4) is 0 Å². The van der Waals surface area contributed by atoms with Crippen molar-refractivity contribution in [3.05, 3.63) is 77.9 Å². The highest BCUT2D eigenvalue weighted by Gasteiger charge is 2.12. The molecule has 1 atom stereocenters. The lowest BCUT2D eigenvalue weighted by molar-refractivity contribution is 0.0931. The van der Waals surface area contributed by atoms with E-state index in [-0.39, 0.29) is 11.7 Å². The van der Waals surface area contributed by atoms with Gasteiger partial charge in [0.1, 0.15) is 0 Å². The number of benzene rings is 2. The van der Waals surface area contributed by atoms with Gasteiger partial charge < -0.3 is 0 Å². The fourth-order valence-electron chi connectivity index (χ4n) is 1.97. The molecule has 0 saturated heterocycles. The number of carbonyl (C=O) groups excluding carboxylic acids is 1. The average Bonchev–Trinajstić information content (AvgIpc) is 2.48. The van der Waals surface area contributed by atoms with Crippen molar-refractivity contribution in [3.63, 3.8) is 0 Å². The summed E-state index contributed by atoms with van der Waals surface area (Å²) < 4.78 is 0. The molecule has 0 aromatic heterocycles. The highest BCUT2D eigenvalue weighted by molar-refractivity contribution is 5.97. The zero-order chi connectivity index (χ0) is 13.5. The van der Waals surface area contributed by atoms with E-state index >= 15 is 0 Å². The Bertz CT molecular complexity index is 540. The number of ketones is 1. The minimum atomic E-state index is 0.0161. The summed E-state index contributed by atoms with van der Waals surface area (Å²) in [6, 6.07) is 19.6. The zero-order valence-electron chi connectivity index (χ0n) is 11.1. The molecular formula is C18H18O. The van der Waals surface area contributed by atoms with E-state index in [1.807, 2.05) is 55.5 Å². The molecule has 2 aromatic carbocycles. The zero-order valence-corrected chi connectivity index (χ0v) is 11.1. The van der Waals surface area contributed by atoms with Crippen molar-refractivity contribution < 1.29 is 4.79 Å². The normalized spacial score (nSPS) is 12.5. The van der Waals surface area contributed by atoms with Crippen molar-refractivity contribution in [2.75, 3.05) is 0 Å². The lowest BCUT2D eigenvalue weighted by Crippen LogP contribution is -2.10. The molecule has 19 heavy (non-hydrogen) atoms. The Labute approximate surface area is 114 Å². The Kier molecular flexibility index (Phi) is 4.68. The van der Waals surface area contributed by atoms with Gasteiger partial charge in [-0.25, -0.2) is 0 Å². The van der Waals surface area contributed by atoms with Crippen molar-refractivity contribution in [2.45, 2.75) is 13.3 Å². The molecule has 0 amide bonds. The first-order chi connectivity index (χ1) is 9.27. The van der Waals surface area contributed by atoms with Crippen LogP contribution in [-0.2, 0) is 0 Å². The molecule has 1 heteroatoms. The fraction of sp³-hybridized carbons (Fsp3) is 0.167. The van der Waals surface area contributed by atoms with Crippen molar-refractivity contribution in [2.24, 2.45) is 5.92 Å². The van der Waals surface area contributed by atoms with Crippen LogP contribution in [-0.4, -0.2) is 5.78 Å². The molecule has 0 fully saturated rings. The second-order valence-corrected chi connectivity index (χ2v) is 4.68. The predicted octanol–water partition coefficient (Wildman–Crippen LogP) is 4.61. The summed E-state index contributed by atoms with van der Waals surface area (Å²) in [6.07, 6.45) is 4.90. The number of allylic oxidation sites excluding steroid dienone is 1. The maximum atomic E-state index is 12.2. The Morgan fingerprint density at radius 3 is 2.21 bits per heavy atom. The Morgan fingerprint density at radius 2 is 1.58 bits per heavy atom. The smallest absolute Gasteiger partial charge is 0.165 e. The van der Waals surface area contributed by atoms with Gasteiger partial charge in [0.25, 0.3) is 0 Å². The van der Waals surface area contributed by atoms with Crippen molar-refractivity contribution >= 4 is 11.9 Å². The first-order valence-electron chi connectivity index (χ1n) is 6.58. The fourth-order valence-corrected chi connectivity index (χ4v) is 1.97. The van der Waals surface area contributed by atoms with Gasteiger partial charge in [0.05, 0.1) is 0 Å². The Morgan fingerprint density at radius 1 is 1.00 bits per heavy atom. The van der Waals surface area contributed by atoms with Gasteiger partial charge in [-0.3, -0.25) is 4.79 Å². The second kappa shape index (κ2) is 6.69. The monoisotopic (exact) mass is 250 g/mol. The molecular weight excluding hydrogens is 232 g/mol. The van der Waals surface area contributed by atoms with Gasteiger partial charge in [0, 0.05) is 11.5 Å². The van der Waals surface area contributed by atoms with Crippen molar-refractivity contribution in [1.29, 1.82) is 0 Å². The summed E-state index contributed by atoms with van der Waals surface area (Å²) in [7, 11) is 0. The lowest BCUT2D eigenvalue weighted by Gasteiger charge is -2.07. The van der Waals surface area contributed by atoms with Gasteiger partial charge in [0.15, 0.2) is 5.78 Å². The van der Waals surface area contributed by atoms with Gasteiger partial charge in [-0.05, 0) is 12.0 Å². The van der Waals surface area contributed by atoms with Crippen LogP contribution in [0.2, 0.25) is 0 Å². The summed E-state index contributed by atoms with van der Waals surface area (Å²) in [4.78, 5) is 12.2. The number of hydrogen-bond donors (Lipinski definition) is 0. The van der Waals surface area contributed by atoms with Crippen LogP contribution in [0.1, 0.15) is 29.3 Å². The summed E-state index contributed by atoms with van der Waals surface area (Å²) >= 11 is 0.